The minimum Gasteiger partial charge on any atom is -0.294 e. The van der Waals surface area contributed by atoms with E-state index in [1.54, 1.807) is 0 Å². The number of unbranched alkanes of at least 4 members (excludes halogenated alkanes) is 1. The first-order valence-corrected chi connectivity index (χ1v) is 6.44. The molecule has 16 heavy (non-hydrogen) atoms. The number of ketones is 1. The van der Waals surface area contributed by atoms with Crippen molar-refractivity contribution in [2.75, 3.05) is 0 Å². The summed E-state index contributed by atoms with van der Waals surface area (Å²) in [5.41, 5.74) is 2.28. The number of hydrogen-bond donors (Lipinski definition) is 0. The lowest BCUT2D eigenvalue weighted by molar-refractivity contribution is 0.0979. The molecule has 0 saturated heterocycles. The van der Waals surface area contributed by atoms with Gasteiger partial charge in [0.1, 0.15) is 0 Å². The molecule has 1 aliphatic carbocycles. The molecule has 1 aromatic rings. The third kappa shape index (κ3) is 2.52. The highest BCUT2D eigenvalue weighted by Crippen LogP contribution is 2.36. The first-order chi connectivity index (χ1) is 7.81. The van der Waals surface area contributed by atoms with Crippen LogP contribution >= 0.6 is 0 Å². The van der Waals surface area contributed by atoms with Crippen LogP contribution in [0, 0.1) is 0 Å². The van der Waals surface area contributed by atoms with Crippen molar-refractivity contribution in [3.05, 3.63) is 35.4 Å². The average molecular weight is 216 g/mol. The van der Waals surface area contributed by atoms with E-state index in [9.17, 15) is 4.79 Å². The quantitative estimate of drug-likeness (QED) is 0.670. The molecular weight excluding hydrogens is 196 g/mol. The van der Waals surface area contributed by atoms with Gasteiger partial charge < -0.3 is 0 Å². The van der Waals surface area contributed by atoms with Crippen LogP contribution in [0.2, 0.25) is 0 Å². The van der Waals surface area contributed by atoms with Crippen LogP contribution in [-0.2, 0) is 0 Å². The summed E-state index contributed by atoms with van der Waals surface area (Å²) in [6.07, 6.45) is 6.74. The Morgan fingerprint density at radius 2 is 2.19 bits per heavy atom. The van der Waals surface area contributed by atoms with Crippen LogP contribution in [0.15, 0.2) is 24.3 Å². The van der Waals surface area contributed by atoms with E-state index in [1.165, 1.54) is 24.8 Å². The van der Waals surface area contributed by atoms with Crippen molar-refractivity contribution in [1.82, 2.24) is 0 Å². The highest BCUT2D eigenvalue weighted by atomic mass is 16.1. The SMILES string of the molecule is CCCCC(=O)c1cccc(C2CCC2)c1. The minimum absolute atomic E-state index is 0.308. The molecule has 0 radical (unpaired) electrons. The summed E-state index contributed by atoms with van der Waals surface area (Å²) >= 11 is 0. The third-order valence-electron chi connectivity index (χ3n) is 3.54. The van der Waals surface area contributed by atoms with E-state index in [1.807, 2.05) is 12.1 Å². The van der Waals surface area contributed by atoms with Crippen molar-refractivity contribution < 1.29 is 4.79 Å². The van der Waals surface area contributed by atoms with Gasteiger partial charge in [-0.3, -0.25) is 4.79 Å². The fraction of sp³-hybridized carbons (Fsp3) is 0.533. The second kappa shape index (κ2) is 5.29. The lowest BCUT2D eigenvalue weighted by Crippen LogP contribution is -2.09. The molecule has 0 aromatic heterocycles. The van der Waals surface area contributed by atoms with Crippen molar-refractivity contribution in [1.29, 1.82) is 0 Å². The minimum atomic E-state index is 0.308. The van der Waals surface area contributed by atoms with Crippen LogP contribution in [0.5, 0.6) is 0 Å². The lowest BCUT2D eigenvalue weighted by Gasteiger charge is -2.26. The van der Waals surface area contributed by atoms with Gasteiger partial charge in [-0.1, -0.05) is 38.0 Å². The topological polar surface area (TPSA) is 17.1 Å². The Morgan fingerprint density at radius 1 is 1.38 bits per heavy atom. The molecule has 2 rings (SSSR count). The number of carbonyl (C=O) groups excluding carboxylic acids is 1. The molecule has 1 aliphatic rings. The van der Waals surface area contributed by atoms with Gasteiger partial charge in [0.25, 0.3) is 0 Å². The number of hydrogen-bond acceptors (Lipinski definition) is 1. The van der Waals surface area contributed by atoms with Gasteiger partial charge >= 0.3 is 0 Å². The summed E-state index contributed by atoms with van der Waals surface area (Å²) in [6, 6.07) is 8.27. The van der Waals surface area contributed by atoms with Crippen LogP contribution in [0.3, 0.4) is 0 Å². The summed E-state index contributed by atoms with van der Waals surface area (Å²) in [7, 11) is 0. The van der Waals surface area contributed by atoms with Gasteiger partial charge in [0.15, 0.2) is 5.78 Å². The van der Waals surface area contributed by atoms with Gasteiger partial charge in [-0.15, -0.1) is 0 Å². The number of benzene rings is 1. The second-order valence-electron chi connectivity index (χ2n) is 4.78. The molecule has 0 heterocycles. The number of rotatable bonds is 5. The Balaban J connectivity index is 2.05. The highest BCUT2D eigenvalue weighted by Gasteiger charge is 2.19. The van der Waals surface area contributed by atoms with Crippen molar-refractivity contribution in [3.63, 3.8) is 0 Å². The van der Waals surface area contributed by atoms with Crippen molar-refractivity contribution in [2.45, 2.75) is 51.4 Å². The average Bonchev–Trinajstić information content (AvgIpc) is 2.24. The van der Waals surface area contributed by atoms with Gasteiger partial charge in [-0.25, -0.2) is 0 Å². The largest absolute Gasteiger partial charge is 0.294 e. The maximum atomic E-state index is 11.9. The van der Waals surface area contributed by atoms with Gasteiger partial charge in [0.2, 0.25) is 0 Å². The van der Waals surface area contributed by atoms with Gasteiger partial charge in [0.05, 0.1) is 0 Å². The summed E-state index contributed by atoms with van der Waals surface area (Å²) in [6.45, 7) is 2.12. The zero-order valence-corrected chi connectivity index (χ0v) is 10.0. The Labute approximate surface area is 97.9 Å². The molecular formula is C15H20O. The molecule has 86 valence electrons. The Morgan fingerprint density at radius 3 is 2.81 bits per heavy atom. The number of carbonyl (C=O) groups is 1. The van der Waals surface area contributed by atoms with E-state index < -0.39 is 0 Å². The molecule has 0 aliphatic heterocycles. The predicted octanol–water partition coefficient (Wildman–Crippen LogP) is 4.33. The predicted molar refractivity (Wildman–Crippen MR) is 66.9 cm³/mol. The summed E-state index contributed by atoms with van der Waals surface area (Å²) < 4.78 is 0. The summed E-state index contributed by atoms with van der Waals surface area (Å²) in [5.74, 6) is 1.03. The maximum absolute atomic E-state index is 11.9. The fourth-order valence-corrected chi connectivity index (χ4v) is 2.19. The van der Waals surface area contributed by atoms with Crippen LogP contribution in [0.1, 0.15) is 67.3 Å². The molecule has 1 heteroatoms. The molecule has 0 atom stereocenters. The van der Waals surface area contributed by atoms with Crippen molar-refractivity contribution in [2.24, 2.45) is 0 Å². The van der Waals surface area contributed by atoms with Crippen LogP contribution in [-0.4, -0.2) is 5.78 Å². The molecule has 0 spiro atoms. The van der Waals surface area contributed by atoms with Crippen molar-refractivity contribution in [3.8, 4) is 0 Å². The smallest absolute Gasteiger partial charge is 0.162 e. The molecule has 0 bridgehead atoms. The van der Waals surface area contributed by atoms with Crippen LogP contribution < -0.4 is 0 Å². The fourth-order valence-electron chi connectivity index (χ4n) is 2.19. The zero-order valence-electron chi connectivity index (χ0n) is 10.0. The molecule has 1 nitrogen and oxygen atoms in total. The second-order valence-corrected chi connectivity index (χ2v) is 4.78. The van der Waals surface area contributed by atoms with E-state index in [0.29, 0.717) is 12.2 Å². The Bertz CT molecular complexity index is 363. The van der Waals surface area contributed by atoms with Gasteiger partial charge in [0, 0.05) is 12.0 Å². The van der Waals surface area contributed by atoms with Crippen LogP contribution in [0.4, 0.5) is 0 Å². The van der Waals surface area contributed by atoms with Gasteiger partial charge in [-0.2, -0.15) is 0 Å². The summed E-state index contributed by atoms with van der Waals surface area (Å²) in [4.78, 5) is 11.9. The monoisotopic (exact) mass is 216 g/mol. The lowest BCUT2D eigenvalue weighted by atomic mass is 9.79. The molecule has 1 saturated carbocycles. The normalized spacial score (nSPS) is 15.8. The highest BCUT2D eigenvalue weighted by molar-refractivity contribution is 5.96. The van der Waals surface area contributed by atoms with E-state index in [2.05, 4.69) is 19.1 Å². The standard InChI is InChI=1S/C15H20O/c1-2-3-10-15(16)14-9-5-8-13(11-14)12-6-4-7-12/h5,8-9,11-12H,2-4,6-7,10H2,1H3. The Kier molecular flexibility index (Phi) is 3.76. The van der Waals surface area contributed by atoms with E-state index in [4.69, 9.17) is 0 Å². The molecule has 1 aromatic carbocycles. The van der Waals surface area contributed by atoms with Gasteiger partial charge in [-0.05, 0) is 36.8 Å². The maximum Gasteiger partial charge on any atom is 0.162 e. The van der Waals surface area contributed by atoms with E-state index in [0.717, 1.165) is 24.3 Å². The zero-order chi connectivity index (χ0) is 11.4. The third-order valence-corrected chi connectivity index (χ3v) is 3.54. The molecule has 0 amide bonds. The van der Waals surface area contributed by atoms with Crippen molar-refractivity contribution >= 4 is 5.78 Å². The van der Waals surface area contributed by atoms with E-state index >= 15 is 0 Å². The first kappa shape index (κ1) is 11.4. The first-order valence-electron chi connectivity index (χ1n) is 6.44. The van der Waals surface area contributed by atoms with E-state index in [-0.39, 0.29) is 0 Å². The molecule has 0 unspecified atom stereocenters. The summed E-state index contributed by atoms with van der Waals surface area (Å²) in [5, 5.41) is 0. The van der Waals surface area contributed by atoms with Crippen LogP contribution in [0.25, 0.3) is 0 Å². The molecule has 0 N–H and O–H groups in total. The Hall–Kier alpha value is -1.11. The molecule has 1 fully saturated rings. The number of Topliss-reactive ketones (excluding diaryl/α,β-unsaturated/α-hetero) is 1.